The molecule has 48 atom stereocenters. The molecule has 43 heteroatoms. The van der Waals surface area contributed by atoms with Gasteiger partial charge in [-0.1, -0.05) is 96.6 Å². The van der Waals surface area contributed by atoms with Crippen molar-refractivity contribution in [2.75, 3.05) is 46.7 Å². The van der Waals surface area contributed by atoms with Crippen LogP contribution in [-0.4, -0.2) is 423 Å². The maximum absolute atomic E-state index is 16.2. The summed E-state index contributed by atoms with van der Waals surface area (Å²) in [5, 5.41) is 241. The molecule has 770 valence electrons. The number of carbonyl (C=O) groups excluding carboxylic acids is 3. The van der Waals surface area contributed by atoms with E-state index >= 15 is 4.79 Å². The van der Waals surface area contributed by atoms with Crippen LogP contribution in [0.15, 0.2) is 42.0 Å². The molecule has 5 aliphatic carbocycles. The van der Waals surface area contributed by atoms with E-state index in [1.807, 2.05) is 13.0 Å². The summed E-state index contributed by atoms with van der Waals surface area (Å²) in [7, 11) is 1.53. The third-order valence-electron chi connectivity index (χ3n) is 32.4. The molecule has 22 N–H and O–H groups in total. The van der Waals surface area contributed by atoms with Crippen LogP contribution in [0.3, 0.4) is 0 Å². The summed E-state index contributed by atoms with van der Waals surface area (Å²) in [4.78, 5) is 43.5. The molecule has 0 aromatic heterocycles. The van der Waals surface area contributed by atoms with Gasteiger partial charge in [-0.3, -0.25) is 9.59 Å². The Morgan fingerprint density at radius 2 is 0.956 bits per heavy atom. The van der Waals surface area contributed by atoms with Gasteiger partial charge in [0.15, 0.2) is 56.2 Å². The van der Waals surface area contributed by atoms with Gasteiger partial charge in [-0.15, -0.1) is 0 Å². The quantitative estimate of drug-likeness (QED) is 0.0145. The molecule has 8 heterocycles. The first-order valence-electron chi connectivity index (χ1n) is 47.7. The van der Waals surface area contributed by atoms with E-state index in [0.717, 1.165) is 31.3 Å². The number of nitrogens with one attached hydrogen (secondary N) is 1. The molecule has 0 radical (unpaired) electrons. The Bertz CT molecular complexity index is 4070. The van der Waals surface area contributed by atoms with E-state index in [9.17, 15) is 117 Å². The van der Waals surface area contributed by atoms with Gasteiger partial charge in [0, 0.05) is 13.7 Å². The first-order valence-corrected chi connectivity index (χ1v) is 47.7. The molecule has 0 spiro atoms. The third-order valence-corrected chi connectivity index (χ3v) is 32.4. The number of methoxy groups -OCH3 is 1. The molecular weight excluding hydrogens is 1790 g/mol. The van der Waals surface area contributed by atoms with Crippen molar-refractivity contribution in [3.63, 3.8) is 0 Å². The molecule has 4 saturated carbocycles. The normalized spacial score (nSPS) is 49.4. The number of benzene rings is 1. The minimum Gasteiger partial charge on any atom is -0.462 e. The highest BCUT2D eigenvalue weighted by Crippen LogP contribution is 2.76. The number of unbranched alkanes of at least 4 members (excludes halogenated alkanes) is 6. The minimum atomic E-state index is -2.22. The number of amides is 1. The Morgan fingerprint density at radius 3 is 1.58 bits per heavy atom. The van der Waals surface area contributed by atoms with Gasteiger partial charge in [-0.05, 0) is 150 Å². The van der Waals surface area contributed by atoms with E-state index in [0.29, 0.717) is 63.4 Å². The van der Waals surface area contributed by atoms with Crippen molar-refractivity contribution in [3.8, 4) is 0 Å². The number of allylic oxidation sites excluding steroid dienone is 2. The molecule has 8 aliphatic heterocycles. The van der Waals surface area contributed by atoms with Gasteiger partial charge in [0.2, 0.25) is 6.29 Å². The lowest BCUT2D eigenvalue weighted by Crippen LogP contribution is -2.71. The van der Waals surface area contributed by atoms with Crippen LogP contribution in [0.4, 0.5) is 0 Å². The molecule has 43 nitrogen and oxygen atoms in total. The van der Waals surface area contributed by atoms with E-state index < -0.39 is 329 Å². The fraction of sp³-hybridized carbons (Fsp3) is 0.880. The number of carbonyl (C=O) groups is 3. The molecule has 135 heavy (non-hydrogen) atoms. The Morgan fingerprint density at radius 1 is 0.444 bits per heavy atom. The Kier molecular flexibility index (Phi) is 34.3. The third kappa shape index (κ3) is 20.8. The van der Waals surface area contributed by atoms with E-state index in [1.165, 1.54) is 27.9 Å². The zero-order valence-corrected chi connectivity index (χ0v) is 77.8. The lowest BCUT2D eigenvalue weighted by Gasteiger charge is -2.71. The lowest BCUT2D eigenvalue weighted by molar-refractivity contribution is -0.399. The summed E-state index contributed by atoms with van der Waals surface area (Å²) in [6.07, 6.45) is -62.1. The average molecular weight is 1940 g/mol. The second kappa shape index (κ2) is 43.4. The van der Waals surface area contributed by atoms with Crippen LogP contribution in [0, 0.1) is 44.8 Å². The molecule has 1 amide bonds. The van der Waals surface area contributed by atoms with Gasteiger partial charge < -0.3 is 198 Å². The molecule has 0 bridgehead atoms. The first kappa shape index (κ1) is 107. The summed E-state index contributed by atoms with van der Waals surface area (Å²) < 4.78 is 112. The molecule has 24 unspecified atom stereocenters. The zero-order chi connectivity index (χ0) is 97.9. The highest BCUT2D eigenvalue weighted by atomic mass is 16.8. The maximum Gasteiger partial charge on any atom is 0.338 e. The summed E-state index contributed by atoms with van der Waals surface area (Å²) in [6.45, 7) is 14.1. The van der Waals surface area contributed by atoms with Gasteiger partial charge >= 0.3 is 11.9 Å². The van der Waals surface area contributed by atoms with Crippen molar-refractivity contribution in [1.29, 1.82) is 0 Å². The monoisotopic (exact) mass is 1940 g/mol. The molecule has 8 saturated heterocycles. The number of fused-ring (bicyclic) bond motifs is 7. The SMILES string of the molecule is COC1(C)[C@@H](O[C@@H]2OC(C(=O)NCCCCCCCCCOC(=O)c3ccccc3)[C@@H](O)[C@H](OC3OC(C)C(O)C(O)C3O)C2O[C@@H]2OC(CO)[C@H](O)[C@H](O)C2O)CCC2(C)C3CC=C4C5CC(C)(C)CCC5(C(=O)O[C@@H]5OC(C)[C@H](O)[C@H](O)C5OC5OC(C)[C@H](O[C@@H]6OC[C@@H](O)[C@H](O)C6O)C(O[C@@H]6OC(CO)[C@@H](O)[C@H](O[C@@H]7OC[C@@H](O)[C@H](O)C7O)C6O)[C@@H]5O)[C@@H](O)C[C@@]4(C)C3(C)CC[C@H]21. The fourth-order valence-electron chi connectivity index (χ4n) is 23.9. The highest BCUT2D eigenvalue weighted by Gasteiger charge is 2.74. The summed E-state index contributed by atoms with van der Waals surface area (Å²) in [5.41, 5.74) is -4.29. The topological polar surface area (TPSA) is 654 Å². The van der Waals surface area contributed by atoms with Crippen LogP contribution < -0.4 is 5.32 Å². The van der Waals surface area contributed by atoms with Crippen molar-refractivity contribution in [3.05, 3.63) is 47.5 Å². The van der Waals surface area contributed by atoms with Crippen LogP contribution in [-0.2, 0) is 94.9 Å². The van der Waals surface area contributed by atoms with Gasteiger partial charge in [-0.25, -0.2) is 4.79 Å². The summed E-state index contributed by atoms with van der Waals surface area (Å²) in [6, 6.07) is 8.71. The fourth-order valence-corrected chi connectivity index (χ4v) is 23.9. The standard InChI is InChI=1S/C92H145NO42/c1-39-53(99)59(105)64(110)80(122-39)130-71-66(112)73(76(115)93-31-19-14-12-11-13-15-20-32-119-77(116)42-21-17-16-18-22-42)132-85(75(71)134-81-65(111)60(106)57(103)47(35-94)125-81)127-52-26-27-88(6)49-24-23-43-44-33-87(4,5)29-30-92(44,51(98)34-90(43,8)89(49,7)28-25-50(88)91(52,9)118-10)86(117)135-84-74(61(107)54(100)40(2)123-84)133-82-68(114)72(69(41(3)124-82)128-78-62(108)55(101)45(96)37-120-78)131-83-67(113)70(58(104)48(36-95)126-83)129-79-63(109)56(102)46(97)38-121-79/h16-18,21-23,39-41,44-75,78-85,94-114H,11-15,19-20,24-38H2,1-10H3,(H,93,115)/t39?,40?,41?,44?,45-,46-,47?,48?,49?,50-,51+,52+,53?,54+,55+,56+,57+,58-,59?,60+,61+,62?,63?,64?,65?,66+,67?,68+,69+,70+,71+,72?,73?,74?,75?,78+,79+,80?,81+,82?,83+,84+,85-,88?,89?,90-,91?,92?/m1/s1. The number of rotatable bonds is 31. The number of hydrogen-bond acceptors (Lipinski definition) is 42. The van der Waals surface area contributed by atoms with E-state index in [2.05, 4.69) is 46.0 Å². The molecular formula is C92H145NO42. The van der Waals surface area contributed by atoms with Gasteiger partial charge in [0.25, 0.3) is 5.91 Å². The highest BCUT2D eigenvalue weighted by molar-refractivity contribution is 5.89. The van der Waals surface area contributed by atoms with Gasteiger partial charge in [0.05, 0.1) is 74.7 Å². The molecule has 14 rings (SSSR count). The van der Waals surface area contributed by atoms with E-state index in [-0.39, 0.29) is 44.2 Å². The summed E-state index contributed by atoms with van der Waals surface area (Å²) in [5.74, 6) is -3.49. The second-order valence-corrected chi connectivity index (χ2v) is 41.2. The molecule has 1 aromatic carbocycles. The number of hydrogen-bond donors (Lipinski definition) is 22. The molecule has 13 aliphatic rings. The maximum atomic E-state index is 16.2. The minimum absolute atomic E-state index is 0.0224. The largest absolute Gasteiger partial charge is 0.462 e. The number of aliphatic hydroxyl groups is 21. The predicted octanol–water partition coefficient (Wildman–Crippen LogP) is -4.32. The smallest absolute Gasteiger partial charge is 0.338 e. The van der Waals surface area contributed by atoms with Gasteiger partial charge in [0.1, 0.15) is 158 Å². The second-order valence-electron chi connectivity index (χ2n) is 41.2. The van der Waals surface area contributed by atoms with Gasteiger partial charge in [-0.2, -0.15) is 0 Å². The Balaban J connectivity index is 0.710. The van der Waals surface area contributed by atoms with Crippen molar-refractivity contribution in [1.82, 2.24) is 5.32 Å². The van der Waals surface area contributed by atoms with E-state index in [4.69, 9.17) is 85.3 Å². The van der Waals surface area contributed by atoms with Crippen LogP contribution in [0.5, 0.6) is 0 Å². The van der Waals surface area contributed by atoms with Crippen molar-refractivity contribution >= 4 is 17.8 Å². The lowest BCUT2D eigenvalue weighted by atomic mass is 9.34. The number of ether oxygens (including phenoxy) is 18. The Hall–Kier alpha value is -4.11. The van der Waals surface area contributed by atoms with Crippen molar-refractivity contribution in [2.45, 2.75) is 416 Å². The zero-order valence-electron chi connectivity index (χ0n) is 77.8. The molecule has 12 fully saturated rings. The summed E-state index contributed by atoms with van der Waals surface area (Å²) >= 11 is 0. The van der Waals surface area contributed by atoms with Crippen LogP contribution >= 0.6 is 0 Å². The Labute approximate surface area is 782 Å². The molecule has 1 aromatic rings. The predicted molar refractivity (Wildman–Crippen MR) is 455 cm³/mol. The number of esters is 2. The average Bonchev–Trinajstić information content (AvgIpc) is 0.667. The van der Waals surface area contributed by atoms with Crippen LogP contribution in [0.25, 0.3) is 0 Å². The van der Waals surface area contributed by atoms with Crippen LogP contribution in [0.1, 0.15) is 175 Å². The van der Waals surface area contributed by atoms with Crippen molar-refractivity contribution < 1.29 is 207 Å². The van der Waals surface area contributed by atoms with Crippen molar-refractivity contribution in [2.24, 2.45) is 44.8 Å². The van der Waals surface area contributed by atoms with E-state index in [1.54, 1.807) is 24.3 Å². The van der Waals surface area contributed by atoms with Crippen LogP contribution in [0.2, 0.25) is 0 Å². The first-order chi connectivity index (χ1) is 63.8. The number of aliphatic hydroxyl groups excluding tert-OH is 21.